The second-order valence-corrected chi connectivity index (χ2v) is 13.7. The number of likely N-dealkylation sites (N-methyl/N-ethyl adjacent to an activating group) is 1. The first-order valence-electron chi connectivity index (χ1n) is 14.1. The Morgan fingerprint density at radius 2 is 1.92 bits per heavy atom. The Kier molecular flexibility index (Phi) is 8.18. The standard InChI is InChI=1S/C30H44N2O6S/c1-8-28(4)15-20(38-21(34)16-32(6)23-22(24(35)25(23)36)31-13-14-39-7)29(5)17(2)9-11-30(18(3)27(28)37)12-10-19(33)26(29)30/h8,17-18,20,26-27,31,37H,1,9-16H2,2-7H3/t17-,18+,20-,26+,27+,28-,29+,30+/m1/s1. The molecule has 39 heavy (non-hydrogen) atoms. The summed E-state index contributed by atoms with van der Waals surface area (Å²) in [5, 5.41) is 14.7. The molecule has 0 saturated heterocycles. The largest absolute Gasteiger partial charge is 0.460 e. The summed E-state index contributed by atoms with van der Waals surface area (Å²) < 4.78 is 6.27. The molecule has 3 aliphatic carbocycles. The van der Waals surface area contributed by atoms with Crippen molar-refractivity contribution in [3.05, 3.63) is 33.1 Å². The molecule has 0 aliphatic heterocycles. The van der Waals surface area contributed by atoms with E-state index in [2.05, 4.69) is 32.7 Å². The molecule has 3 fully saturated rings. The number of hydrogen-bond acceptors (Lipinski definition) is 9. The SMILES string of the molecule is C=C[C@]1(C)C[C@@H](OC(=O)CN(C)c2c(NCCSC)c(=O)c2=O)[C@]2(C)[C@H](C)CC[C@]3(CCC(=O)[C@H]32)[C@@H](C)[C@@H]1O. The molecule has 9 heteroatoms. The fraction of sp³-hybridized carbons (Fsp3) is 0.733. The molecule has 2 N–H and O–H groups in total. The van der Waals surface area contributed by atoms with Crippen molar-refractivity contribution in [2.75, 3.05) is 42.4 Å². The van der Waals surface area contributed by atoms with Crippen molar-refractivity contribution < 1.29 is 19.4 Å². The third-order valence-electron chi connectivity index (χ3n) is 10.8. The lowest BCUT2D eigenvalue weighted by Crippen LogP contribution is -2.63. The zero-order valence-corrected chi connectivity index (χ0v) is 25.0. The molecule has 0 unspecified atom stereocenters. The summed E-state index contributed by atoms with van der Waals surface area (Å²) >= 11 is 1.62. The zero-order valence-electron chi connectivity index (χ0n) is 24.2. The van der Waals surface area contributed by atoms with Crippen LogP contribution in [0.4, 0.5) is 11.4 Å². The van der Waals surface area contributed by atoms with Crippen LogP contribution >= 0.6 is 11.8 Å². The molecule has 0 aromatic heterocycles. The molecule has 0 amide bonds. The van der Waals surface area contributed by atoms with Crippen LogP contribution in [0.25, 0.3) is 0 Å². The summed E-state index contributed by atoms with van der Waals surface area (Å²) in [4.78, 5) is 53.0. The fourth-order valence-corrected chi connectivity index (χ4v) is 8.46. The summed E-state index contributed by atoms with van der Waals surface area (Å²) in [6.45, 7) is 12.6. The van der Waals surface area contributed by atoms with Gasteiger partial charge in [-0.15, -0.1) is 6.58 Å². The van der Waals surface area contributed by atoms with Crippen LogP contribution in [0.3, 0.4) is 0 Å². The van der Waals surface area contributed by atoms with Gasteiger partial charge in [-0.3, -0.25) is 19.2 Å². The molecule has 1 aromatic rings. The Bertz CT molecular complexity index is 1210. The molecular weight excluding hydrogens is 516 g/mol. The second-order valence-electron chi connectivity index (χ2n) is 12.7. The Labute approximate surface area is 235 Å². The van der Waals surface area contributed by atoms with Crippen molar-refractivity contribution in [1.29, 1.82) is 0 Å². The first-order valence-corrected chi connectivity index (χ1v) is 15.5. The van der Waals surface area contributed by atoms with E-state index >= 15 is 0 Å². The number of nitrogens with one attached hydrogen (secondary N) is 1. The minimum atomic E-state index is -0.732. The number of thioether (sulfide) groups is 1. The summed E-state index contributed by atoms with van der Waals surface area (Å²) in [6, 6.07) is 0. The molecule has 4 rings (SSSR count). The molecule has 8 nitrogen and oxygen atoms in total. The van der Waals surface area contributed by atoms with Gasteiger partial charge in [-0.2, -0.15) is 11.8 Å². The number of carbonyl (C=O) groups excluding carboxylic acids is 2. The monoisotopic (exact) mass is 560 g/mol. The highest BCUT2D eigenvalue weighted by Gasteiger charge is 2.68. The number of carbonyl (C=O) groups is 2. The van der Waals surface area contributed by atoms with Crippen molar-refractivity contribution in [1.82, 2.24) is 0 Å². The Morgan fingerprint density at radius 3 is 2.56 bits per heavy atom. The first-order chi connectivity index (χ1) is 18.3. The first kappa shape index (κ1) is 29.8. The van der Waals surface area contributed by atoms with Crippen LogP contribution in [-0.4, -0.2) is 61.2 Å². The smallest absolute Gasteiger partial charge is 0.325 e. The molecule has 0 spiro atoms. The number of aliphatic hydroxyl groups excluding tert-OH is 1. The molecule has 0 heterocycles. The van der Waals surface area contributed by atoms with Crippen molar-refractivity contribution in [3.63, 3.8) is 0 Å². The van der Waals surface area contributed by atoms with E-state index in [4.69, 9.17) is 4.74 Å². The predicted molar refractivity (Wildman–Crippen MR) is 156 cm³/mol. The summed E-state index contributed by atoms with van der Waals surface area (Å²) in [5.41, 5.74) is -2.43. The van der Waals surface area contributed by atoms with Crippen molar-refractivity contribution >= 4 is 34.9 Å². The van der Waals surface area contributed by atoms with Gasteiger partial charge in [-0.05, 0) is 49.2 Å². The van der Waals surface area contributed by atoms with E-state index in [1.807, 2.05) is 13.2 Å². The Morgan fingerprint density at radius 1 is 1.23 bits per heavy atom. The van der Waals surface area contributed by atoms with Gasteiger partial charge >= 0.3 is 5.97 Å². The predicted octanol–water partition coefficient (Wildman–Crippen LogP) is 3.40. The van der Waals surface area contributed by atoms with E-state index < -0.39 is 39.9 Å². The average Bonchev–Trinajstić information content (AvgIpc) is 3.26. The van der Waals surface area contributed by atoms with Gasteiger partial charge in [0.15, 0.2) is 0 Å². The maximum Gasteiger partial charge on any atom is 0.325 e. The highest BCUT2D eigenvalue weighted by Crippen LogP contribution is 2.68. The second kappa shape index (κ2) is 10.7. The molecule has 3 aliphatic rings. The molecule has 0 radical (unpaired) electrons. The zero-order chi connectivity index (χ0) is 28.9. The van der Waals surface area contributed by atoms with Crippen LogP contribution in [0, 0.1) is 34.0 Å². The van der Waals surface area contributed by atoms with Gasteiger partial charge in [0.2, 0.25) is 0 Å². The summed E-state index contributed by atoms with van der Waals surface area (Å²) in [5.74, 6) is 0.173. The third-order valence-corrected chi connectivity index (χ3v) is 11.4. The molecule has 2 bridgehead atoms. The topological polar surface area (TPSA) is 113 Å². The van der Waals surface area contributed by atoms with Gasteiger partial charge in [0.25, 0.3) is 10.9 Å². The van der Waals surface area contributed by atoms with Crippen molar-refractivity contribution in [2.45, 2.75) is 72.0 Å². The number of hydrogen-bond donors (Lipinski definition) is 2. The molecular formula is C30H44N2O6S. The normalized spacial score (nSPS) is 38.0. The summed E-state index contributed by atoms with van der Waals surface area (Å²) in [6.07, 6.45) is 5.70. The van der Waals surface area contributed by atoms with Crippen molar-refractivity contribution in [3.8, 4) is 0 Å². The number of esters is 1. The Balaban J connectivity index is 1.65. The Hall–Kier alpha value is -2.13. The van der Waals surface area contributed by atoms with Gasteiger partial charge in [-0.25, -0.2) is 0 Å². The van der Waals surface area contributed by atoms with Gasteiger partial charge in [0.1, 0.15) is 29.8 Å². The van der Waals surface area contributed by atoms with E-state index in [0.29, 0.717) is 19.4 Å². The van der Waals surface area contributed by atoms with E-state index in [1.165, 1.54) is 4.90 Å². The van der Waals surface area contributed by atoms with Crippen LogP contribution in [0.1, 0.15) is 59.8 Å². The number of Topliss-reactive ketones (excluding diaryl/α,β-unsaturated/α-hetero) is 1. The van der Waals surface area contributed by atoms with Gasteiger partial charge < -0.3 is 20.1 Å². The molecule has 1 aromatic carbocycles. The van der Waals surface area contributed by atoms with Gasteiger partial charge in [-0.1, -0.05) is 33.8 Å². The number of ether oxygens (including phenoxy) is 1. The number of anilines is 2. The molecule has 8 atom stereocenters. The van der Waals surface area contributed by atoms with E-state index in [9.17, 15) is 24.3 Å². The maximum atomic E-state index is 13.5. The van der Waals surface area contributed by atoms with Crippen LogP contribution in [0.2, 0.25) is 0 Å². The quantitative estimate of drug-likeness (QED) is 0.203. The van der Waals surface area contributed by atoms with E-state index in [-0.39, 0.29) is 46.9 Å². The third kappa shape index (κ3) is 4.57. The van der Waals surface area contributed by atoms with Crippen LogP contribution in [-0.2, 0) is 14.3 Å². The lowest BCUT2D eigenvalue weighted by molar-refractivity contribution is -0.206. The van der Waals surface area contributed by atoms with E-state index in [1.54, 1.807) is 24.9 Å². The van der Waals surface area contributed by atoms with Gasteiger partial charge in [0.05, 0.1) is 6.10 Å². The number of nitrogens with zero attached hydrogens (tertiary/aromatic N) is 1. The number of aliphatic hydroxyl groups is 1. The fourth-order valence-electron chi connectivity index (χ4n) is 8.16. The lowest BCUT2D eigenvalue weighted by Gasteiger charge is -2.61. The minimum absolute atomic E-state index is 0.0994. The minimum Gasteiger partial charge on any atom is -0.460 e. The number of ketones is 1. The van der Waals surface area contributed by atoms with Gasteiger partial charge in [0, 0.05) is 42.5 Å². The van der Waals surface area contributed by atoms with Crippen LogP contribution in [0.5, 0.6) is 0 Å². The number of rotatable bonds is 9. The highest BCUT2D eigenvalue weighted by molar-refractivity contribution is 7.98. The van der Waals surface area contributed by atoms with Crippen LogP contribution in [0.15, 0.2) is 22.2 Å². The molecule has 3 saturated carbocycles. The van der Waals surface area contributed by atoms with Crippen molar-refractivity contribution in [2.24, 2.45) is 34.0 Å². The lowest BCUT2D eigenvalue weighted by atomic mass is 9.44. The summed E-state index contributed by atoms with van der Waals surface area (Å²) in [7, 11) is 1.60. The average molecular weight is 561 g/mol. The van der Waals surface area contributed by atoms with E-state index in [0.717, 1.165) is 25.0 Å². The maximum absolute atomic E-state index is 13.5. The highest BCUT2D eigenvalue weighted by atomic mass is 32.2. The molecule has 216 valence electrons. The van der Waals surface area contributed by atoms with Crippen LogP contribution < -0.4 is 21.1 Å².